The molecular formula is C21H22N2O5. The van der Waals surface area contributed by atoms with Gasteiger partial charge in [0.25, 0.3) is 5.69 Å². The minimum absolute atomic E-state index is 0.00736. The van der Waals surface area contributed by atoms with Crippen LogP contribution in [0, 0.1) is 16.0 Å². The van der Waals surface area contributed by atoms with Crippen molar-refractivity contribution in [1.82, 2.24) is 0 Å². The number of nitro groups is 1. The quantitative estimate of drug-likeness (QED) is 0.479. The molecule has 0 spiro atoms. The van der Waals surface area contributed by atoms with E-state index in [1.807, 2.05) is 12.1 Å². The number of carbonyl (C=O) groups excluding carboxylic acids is 1. The average Bonchev–Trinajstić information content (AvgIpc) is 2.73. The van der Waals surface area contributed by atoms with Crippen molar-refractivity contribution in [2.24, 2.45) is 5.92 Å². The van der Waals surface area contributed by atoms with Crippen LogP contribution in [-0.2, 0) is 9.47 Å². The van der Waals surface area contributed by atoms with E-state index < -0.39 is 4.92 Å². The molecule has 0 bridgehead atoms. The molecule has 0 saturated carbocycles. The minimum atomic E-state index is -0.392. The zero-order valence-corrected chi connectivity index (χ0v) is 15.6. The number of fused-ring (bicyclic) bond motifs is 3. The monoisotopic (exact) mass is 382 g/mol. The largest absolute Gasteiger partial charge is 0.462 e. The summed E-state index contributed by atoms with van der Waals surface area (Å²) in [7, 11) is 0. The Kier molecular flexibility index (Phi) is 5.00. The number of hydrogen-bond acceptors (Lipinski definition) is 6. The number of ether oxygens (including phenoxy) is 2. The van der Waals surface area contributed by atoms with Crippen LogP contribution in [0.2, 0.25) is 0 Å². The molecule has 3 atom stereocenters. The van der Waals surface area contributed by atoms with Gasteiger partial charge in [0.05, 0.1) is 29.2 Å². The van der Waals surface area contributed by atoms with E-state index in [-0.39, 0.29) is 29.7 Å². The highest BCUT2D eigenvalue weighted by Gasteiger charge is 2.40. The molecule has 7 nitrogen and oxygen atoms in total. The fraction of sp³-hybridized carbons (Fsp3) is 0.381. The number of nitrogens with one attached hydrogen (secondary N) is 1. The molecule has 0 radical (unpaired) electrons. The number of non-ortho nitro benzene ring substituents is 1. The average molecular weight is 382 g/mol. The lowest BCUT2D eigenvalue weighted by molar-refractivity contribution is -0.384. The molecule has 2 aromatic rings. The van der Waals surface area contributed by atoms with Crippen LogP contribution in [0.1, 0.15) is 53.4 Å². The van der Waals surface area contributed by atoms with Gasteiger partial charge < -0.3 is 14.8 Å². The Hall–Kier alpha value is -2.93. The van der Waals surface area contributed by atoms with Crippen molar-refractivity contribution >= 4 is 17.3 Å². The van der Waals surface area contributed by atoms with Gasteiger partial charge in [0.1, 0.15) is 0 Å². The number of anilines is 1. The predicted octanol–water partition coefficient (Wildman–Crippen LogP) is 4.41. The van der Waals surface area contributed by atoms with Crippen molar-refractivity contribution in [2.75, 3.05) is 18.5 Å². The van der Waals surface area contributed by atoms with Gasteiger partial charge >= 0.3 is 5.97 Å². The number of esters is 1. The fourth-order valence-corrected chi connectivity index (χ4v) is 4.15. The Morgan fingerprint density at radius 2 is 2.07 bits per heavy atom. The maximum absolute atomic E-state index is 12.1. The van der Waals surface area contributed by atoms with Crippen LogP contribution in [0.5, 0.6) is 0 Å². The van der Waals surface area contributed by atoms with Gasteiger partial charge in [-0.25, -0.2) is 4.79 Å². The molecule has 1 saturated heterocycles. The van der Waals surface area contributed by atoms with Crippen molar-refractivity contribution in [3.05, 3.63) is 69.3 Å². The maximum Gasteiger partial charge on any atom is 0.338 e. The van der Waals surface area contributed by atoms with E-state index in [0.717, 1.165) is 29.7 Å². The summed E-state index contributed by atoms with van der Waals surface area (Å²) in [4.78, 5) is 22.7. The van der Waals surface area contributed by atoms with Crippen LogP contribution in [-0.4, -0.2) is 24.1 Å². The topological polar surface area (TPSA) is 90.7 Å². The van der Waals surface area contributed by atoms with Gasteiger partial charge in [-0.3, -0.25) is 10.1 Å². The van der Waals surface area contributed by atoms with Gasteiger partial charge in [0.15, 0.2) is 0 Å². The molecule has 1 fully saturated rings. The van der Waals surface area contributed by atoms with Crippen LogP contribution in [0.25, 0.3) is 0 Å². The molecule has 7 heteroatoms. The molecule has 0 aromatic heterocycles. The molecular weight excluding hydrogens is 360 g/mol. The first-order valence-electron chi connectivity index (χ1n) is 9.52. The van der Waals surface area contributed by atoms with Crippen molar-refractivity contribution < 1.29 is 19.2 Å². The Morgan fingerprint density at radius 3 is 2.79 bits per heavy atom. The number of carbonyl (C=O) groups is 1. The number of nitrogens with zero attached hydrogens (tertiary/aromatic N) is 1. The summed E-state index contributed by atoms with van der Waals surface area (Å²) in [6, 6.07) is 12.2. The third-order valence-electron chi connectivity index (χ3n) is 5.44. The summed E-state index contributed by atoms with van der Waals surface area (Å²) in [5.41, 5.74) is 3.47. The molecule has 0 unspecified atom stereocenters. The molecule has 2 aromatic carbocycles. The molecule has 4 rings (SSSR count). The first-order valence-corrected chi connectivity index (χ1v) is 9.52. The smallest absolute Gasteiger partial charge is 0.338 e. The van der Waals surface area contributed by atoms with Crippen molar-refractivity contribution in [1.29, 1.82) is 0 Å². The summed E-state index contributed by atoms with van der Waals surface area (Å²) in [5, 5.41) is 14.5. The van der Waals surface area contributed by atoms with E-state index in [1.165, 1.54) is 12.1 Å². The summed E-state index contributed by atoms with van der Waals surface area (Å²) in [5.74, 6) is -0.157. The van der Waals surface area contributed by atoms with Crippen molar-refractivity contribution in [2.45, 2.75) is 31.9 Å². The van der Waals surface area contributed by atoms with Gasteiger partial charge in [-0.2, -0.15) is 0 Å². The zero-order chi connectivity index (χ0) is 19.7. The minimum Gasteiger partial charge on any atom is -0.462 e. The zero-order valence-electron chi connectivity index (χ0n) is 15.6. The Balaban J connectivity index is 1.69. The molecule has 1 N–H and O–H groups in total. The van der Waals surface area contributed by atoms with Crippen LogP contribution in [0.15, 0.2) is 42.5 Å². The van der Waals surface area contributed by atoms with Crippen molar-refractivity contribution in [3.8, 4) is 0 Å². The summed E-state index contributed by atoms with van der Waals surface area (Å²) >= 11 is 0. The fourth-order valence-electron chi connectivity index (χ4n) is 4.15. The van der Waals surface area contributed by atoms with E-state index in [4.69, 9.17) is 9.47 Å². The standard InChI is InChI=1S/C21H22N2O5/c1-2-27-21(24)14-7-10-18-17(12-14)20-16(4-3-11-28-20)19(22-18)13-5-8-15(9-6-13)23(25)26/h5-10,12,16,19-20,22H,2-4,11H2,1H3/t16-,19+,20-/m1/s1. The maximum atomic E-state index is 12.1. The highest BCUT2D eigenvalue weighted by atomic mass is 16.6. The SMILES string of the molecule is CCOC(=O)c1ccc2c(c1)[C@@H]1OCCC[C@@H]1[C@H](c1ccc([N+](=O)[O-])cc1)N2. The van der Waals surface area contributed by atoms with E-state index in [1.54, 1.807) is 25.1 Å². The lowest BCUT2D eigenvalue weighted by Gasteiger charge is -2.43. The third kappa shape index (κ3) is 3.33. The van der Waals surface area contributed by atoms with Crippen molar-refractivity contribution in [3.63, 3.8) is 0 Å². The Morgan fingerprint density at radius 1 is 1.29 bits per heavy atom. The summed E-state index contributed by atoms with van der Waals surface area (Å²) in [6.07, 6.45) is 1.81. The van der Waals surface area contributed by atoms with Gasteiger partial charge in [0, 0.05) is 35.9 Å². The van der Waals surface area contributed by atoms with Gasteiger partial charge in [0.2, 0.25) is 0 Å². The Bertz CT molecular complexity index is 896. The van der Waals surface area contributed by atoms with E-state index in [9.17, 15) is 14.9 Å². The van der Waals surface area contributed by atoms with Gasteiger partial charge in [-0.1, -0.05) is 12.1 Å². The number of hydrogen-bond donors (Lipinski definition) is 1. The lowest BCUT2D eigenvalue weighted by atomic mass is 9.77. The van der Waals surface area contributed by atoms with Crippen LogP contribution in [0.3, 0.4) is 0 Å². The number of benzene rings is 2. The molecule has 28 heavy (non-hydrogen) atoms. The van der Waals surface area contributed by atoms with Gasteiger partial charge in [-0.05, 0) is 43.5 Å². The van der Waals surface area contributed by atoms with E-state index >= 15 is 0 Å². The first kappa shape index (κ1) is 18.4. The highest BCUT2D eigenvalue weighted by molar-refractivity contribution is 5.90. The Labute approximate surface area is 162 Å². The molecule has 2 aliphatic rings. The van der Waals surface area contributed by atoms with Crippen LogP contribution in [0.4, 0.5) is 11.4 Å². The molecule has 2 aliphatic heterocycles. The second-order valence-corrected chi connectivity index (χ2v) is 7.09. The molecule has 0 amide bonds. The molecule has 146 valence electrons. The second kappa shape index (κ2) is 7.59. The lowest BCUT2D eigenvalue weighted by Crippen LogP contribution is -2.36. The predicted molar refractivity (Wildman–Crippen MR) is 103 cm³/mol. The summed E-state index contributed by atoms with van der Waals surface area (Å²) in [6.45, 7) is 2.79. The third-order valence-corrected chi connectivity index (χ3v) is 5.44. The number of nitro benzene ring substituents is 1. The van der Waals surface area contributed by atoms with Crippen LogP contribution >= 0.6 is 0 Å². The van der Waals surface area contributed by atoms with E-state index in [2.05, 4.69) is 5.32 Å². The number of rotatable bonds is 4. The first-order chi connectivity index (χ1) is 13.6. The van der Waals surface area contributed by atoms with Gasteiger partial charge in [-0.15, -0.1) is 0 Å². The molecule has 2 heterocycles. The van der Waals surface area contributed by atoms with Crippen LogP contribution < -0.4 is 5.32 Å². The normalized spacial score (nSPS) is 23.1. The summed E-state index contributed by atoms with van der Waals surface area (Å²) < 4.78 is 11.2. The molecule has 0 aliphatic carbocycles. The second-order valence-electron chi connectivity index (χ2n) is 7.09. The highest BCUT2D eigenvalue weighted by Crippen LogP contribution is 2.49. The van der Waals surface area contributed by atoms with E-state index in [0.29, 0.717) is 18.8 Å².